The number of aromatic nitrogens is 3. The number of hydrogen-bond donors (Lipinski definition) is 3. The first-order valence-electron chi connectivity index (χ1n) is 8.55. The van der Waals surface area contributed by atoms with E-state index >= 15 is 0 Å². The lowest BCUT2D eigenvalue weighted by atomic mass is 9.77. The van der Waals surface area contributed by atoms with Crippen LogP contribution in [0.3, 0.4) is 0 Å². The summed E-state index contributed by atoms with van der Waals surface area (Å²) >= 11 is 0. The van der Waals surface area contributed by atoms with Crippen molar-refractivity contribution < 1.29 is 9.90 Å². The van der Waals surface area contributed by atoms with E-state index in [4.69, 9.17) is 0 Å². The second-order valence-corrected chi connectivity index (χ2v) is 7.14. The molecule has 1 aliphatic heterocycles. The summed E-state index contributed by atoms with van der Waals surface area (Å²) in [5.41, 5.74) is 2.85. The van der Waals surface area contributed by atoms with Crippen molar-refractivity contribution in [2.75, 3.05) is 13.1 Å². The number of aryl methyl sites for hydroxylation is 2. The molecule has 1 saturated heterocycles. The van der Waals surface area contributed by atoms with Crippen LogP contribution in [0.15, 0.2) is 12.1 Å². The summed E-state index contributed by atoms with van der Waals surface area (Å²) < 4.78 is 1.68. The van der Waals surface area contributed by atoms with Gasteiger partial charge in [0.2, 0.25) is 0 Å². The maximum atomic E-state index is 12.6. The van der Waals surface area contributed by atoms with Crippen LogP contribution >= 0.6 is 12.4 Å². The van der Waals surface area contributed by atoms with Crippen LogP contribution in [0.2, 0.25) is 0 Å². The molecule has 0 spiro atoms. The van der Waals surface area contributed by atoms with Gasteiger partial charge >= 0.3 is 0 Å². The Morgan fingerprint density at radius 3 is 2.76 bits per heavy atom. The minimum atomic E-state index is -0.491. The number of nitrogens with zero attached hydrogens (tertiary/aromatic N) is 3. The van der Waals surface area contributed by atoms with Crippen LogP contribution in [0.4, 0.5) is 0 Å². The van der Waals surface area contributed by atoms with Crippen molar-refractivity contribution in [2.45, 2.75) is 38.8 Å². The summed E-state index contributed by atoms with van der Waals surface area (Å²) in [6.45, 7) is 5.80. The lowest BCUT2D eigenvalue weighted by Gasteiger charge is -2.35. The molecule has 2 aromatic rings. The predicted octanol–water partition coefficient (Wildman–Crippen LogP) is 0.857. The quantitative estimate of drug-likeness (QED) is 0.734. The van der Waals surface area contributed by atoms with Gasteiger partial charge in [0.25, 0.3) is 5.91 Å². The number of fused-ring (bicyclic) bond motifs is 2. The molecule has 8 heteroatoms. The summed E-state index contributed by atoms with van der Waals surface area (Å²) in [6.07, 6.45) is 1.07. The third-order valence-electron chi connectivity index (χ3n) is 5.33. The fourth-order valence-electron chi connectivity index (χ4n) is 4.09. The standard InChI is InChI=1S/C17H23N5O2.ClH/c1-9-3-10(2)22-16(19-9)6-14(21-22)17(24)20-13-4-11-7-18-8-12(11)5-15(13)23;/h3,6,11-13,15,18,23H,4-5,7-8H2,1-2H3,(H,20,24);1H/t11-,12+,13-,15-;/m0./s1. The van der Waals surface area contributed by atoms with E-state index in [1.165, 1.54) is 0 Å². The summed E-state index contributed by atoms with van der Waals surface area (Å²) in [5.74, 6) is 0.815. The molecule has 7 nitrogen and oxygen atoms in total. The Labute approximate surface area is 152 Å². The van der Waals surface area contributed by atoms with Crippen LogP contribution in [-0.4, -0.2) is 50.8 Å². The second kappa shape index (κ2) is 6.90. The molecule has 2 aliphatic rings. The van der Waals surface area contributed by atoms with Crippen molar-refractivity contribution in [1.29, 1.82) is 0 Å². The smallest absolute Gasteiger partial charge is 0.272 e. The normalized spacial score (nSPS) is 28.4. The summed E-state index contributed by atoms with van der Waals surface area (Å²) in [4.78, 5) is 17.0. The van der Waals surface area contributed by atoms with Gasteiger partial charge in [-0.05, 0) is 57.7 Å². The van der Waals surface area contributed by atoms with Crippen molar-refractivity contribution >= 4 is 24.0 Å². The zero-order valence-electron chi connectivity index (χ0n) is 14.4. The zero-order chi connectivity index (χ0) is 16.8. The van der Waals surface area contributed by atoms with Crippen LogP contribution in [0.5, 0.6) is 0 Å². The van der Waals surface area contributed by atoms with Crippen molar-refractivity contribution in [3.05, 3.63) is 29.2 Å². The molecule has 2 fully saturated rings. The Morgan fingerprint density at radius 2 is 2.00 bits per heavy atom. The number of nitrogens with one attached hydrogen (secondary N) is 2. The van der Waals surface area contributed by atoms with Crippen LogP contribution in [0.1, 0.15) is 34.7 Å². The number of rotatable bonds is 2. The Hall–Kier alpha value is -1.70. The molecule has 2 aromatic heterocycles. The number of hydrogen-bond acceptors (Lipinski definition) is 5. The molecular weight excluding hydrogens is 342 g/mol. The highest BCUT2D eigenvalue weighted by atomic mass is 35.5. The van der Waals surface area contributed by atoms with Gasteiger partial charge in [-0.25, -0.2) is 9.50 Å². The third kappa shape index (κ3) is 3.36. The monoisotopic (exact) mass is 365 g/mol. The predicted molar refractivity (Wildman–Crippen MR) is 96.1 cm³/mol. The maximum Gasteiger partial charge on any atom is 0.272 e. The number of aliphatic hydroxyl groups is 1. The minimum absolute atomic E-state index is 0. The fraction of sp³-hybridized carbons (Fsp3) is 0.588. The van der Waals surface area contributed by atoms with Gasteiger partial charge in [-0.2, -0.15) is 5.10 Å². The highest BCUT2D eigenvalue weighted by molar-refractivity contribution is 5.93. The molecule has 0 aromatic carbocycles. The molecule has 1 aliphatic carbocycles. The van der Waals surface area contributed by atoms with Gasteiger partial charge in [-0.15, -0.1) is 12.4 Å². The van der Waals surface area contributed by atoms with Crippen molar-refractivity contribution in [2.24, 2.45) is 11.8 Å². The molecule has 1 amide bonds. The molecule has 3 heterocycles. The first kappa shape index (κ1) is 18.1. The lowest BCUT2D eigenvalue weighted by molar-refractivity contribution is 0.0460. The molecule has 0 radical (unpaired) electrons. The van der Waals surface area contributed by atoms with Gasteiger partial charge in [0, 0.05) is 17.5 Å². The van der Waals surface area contributed by atoms with Crippen LogP contribution in [0, 0.1) is 25.7 Å². The Balaban J connectivity index is 0.00000182. The Kier molecular flexibility index (Phi) is 4.99. The summed E-state index contributed by atoms with van der Waals surface area (Å²) in [6, 6.07) is 3.42. The van der Waals surface area contributed by atoms with Crippen molar-refractivity contribution in [3.63, 3.8) is 0 Å². The van der Waals surface area contributed by atoms with Gasteiger partial charge in [-0.1, -0.05) is 0 Å². The maximum absolute atomic E-state index is 12.6. The second-order valence-electron chi connectivity index (χ2n) is 7.14. The van der Waals surface area contributed by atoms with Crippen LogP contribution in [0.25, 0.3) is 5.65 Å². The van der Waals surface area contributed by atoms with E-state index in [1.807, 2.05) is 19.9 Å². The number of aliphatic hydroxyl groups excluding tert-OH is 1. The molecule has 136 valence electrons. The average molecular weight is 366 g/mol. The number of carbonyl (C=O) groups excluding carboxylic acids is 1. The molecule has 4 atom stereocenters. The Bertz CT molecular complexity index is 793. The largest absolute Gasteiger partial charge is 0.391 e. The van der Waals surface area contributed by atoms with Crippen molar-refractivity contribution in [3.8, 4) is 0 Å². The molecule has 1 saturated carbocycles. The Morgan fingerprint density at radius 1 is 1.28 bits per heavy atom. The van der Waals surface area contributed by atoms with E-state index in [0.717, 1.165) is 37.3 Å². The van der Waals surface area contributed by atoms with E-state index in [2.05, 4.69) is 20.7 Å². The third-order valence-corrected chi connectivity index (χ3v) is 5.33. The van der Waals surface area contributed by atoms with Gasteiger partial charge in [0.05, 0.1) is 12.1 Å². The highest BCUT2D eigenvalue weighted by Gasteiger charge is 2.39. The molecule has 0 unspecified atom stereocenters. The first-order valence-corrected chi connectivity index (χ1v) is 8.55. The highest BCUT2D eigenvalue weighted by Crippen LogP contribution is 2.33. The summed E-state index contributed by atoms with van der Waals surface area (Å²) in [5, 5.41) is 21.1. The van der Waals surface area contributed by atoms with E-state index in [9.17, 15) is 9.90 Å². The molecule has 25 heavy (non-hydrogen) atoms. The number of amides is 1. The molecule has 4 rings (SSSR count). The number of carbonyl (C=O) groups is 1. The van der Waals surface area contributed by atoms with Gasteiger partial charge < -0.3 is 15.7 Å². The summed E-state index contributed by atoms with van der Waals surface area (Å²) in [7, 11) is 0. The van der Waals surface area contributed by atoms with Crippen LogP contribution < -0.4 is 10.6 Å². The molecule has 3 N–H and O–H groups in total. The average Bonchev–Trinajstić information content (AvgIpc) is 3.13. The topological polar surface area (TPSA) is 91.6 Å². The van der Waals surface area contributed by atoms with Gasteiger partial charge in [-0.3, -0.25) is 4.79 Å². The zero-order valence-corrected chi connectivity index (χ0v) is 15.2. The van der Waals surface area contributed by atoms with Gasteiger partial charge in [0.1, 0.15) is 0 Å². The van der Waals surface area contributed by atoms with Gasteiger partial charge in [0.15, 0.2) is 11.3 Å². The van der Waals surface area contributed by atoms with E-state index in [-0.39, 0.29) is 24.4 Å². The van der Waals surface area contributed by atoms with Crippen LogP contribution in [-0.2, 0) is 0 Å². The first-order chi connectivity index (χ1) is 11.5. The number of halogens is 1. The fourth-order valence-corrected chi connectivity index (χ4v) is 4.09. The minimum Gasteiger partial charge on any atom is -0.391 e. The van der Waals surface area contributed by atoms with E-state index in [0.29, 0.717) is 23.2 Å². The molecule has 0 bridgehead atoms. The molecular formula is C17H24ClN5O2. The van der Waals surface area contributed by atoms with E-state index in [1.54, 1.807) is 10.6 Å². The van der Waals surface area contributed by atoms with E-state index < -0.39 is 6.10 Å². The van der Waals surface area contributed by atoms with Crippen molar-refractivity contribution in [1.82, 2.24) is 25.2 Å². The lowest BCUT2D eigenvalue weighted by Crippen LogP contribution is -2.49. The SMILES string of the molecule is Cc1cc(C)n2nc(C(=O)N[C@H]3C[C@H]4CNC[C@H]4C[C@@H]3O)cc2n1.Cl.